The molecule has 1 aliphatic heterocycles. The average molecular weight is 236 g/mol. The zero-order valence-electron chi connectivity index (χ0n) is 11.5. The van der Waals surface area contributed by atoms with Gasteiger partial charge in [0.2, 0.25) is 0 Å². The molecule has 1 heterocycles. The van der Waals surface area contributed by atoms with Gasteiger partial charge in [0.05, 0.1) is 0 Å². The number of rotatable bonds is 5. The van der Waals surface area contributed by atoms with E-state index in [-0.39, 0.29) is 0 Å². The Morgan fingerprint density at radius 1 is 1.47 bits per heavy atom. The number of likely N-dealkylation sites (tertiary alicyclic amines) is 1. The molecular weight excluding hydrogens is 208 g/mol. The van der Waals surface area contributed by atoms with Gasteiger partial charge in [-0.2, -0.15) is 0 Å². The Morgan fingerprint density at radius 3 is 3.00 bits per heavy atom. The van der Waals surface area contributed by atoms with Crippen LogP contribution < -0.4 is 5.32 Å². The average Bonchev–Trinajstić information content (AvgIpc) is 2.81. The van der Waals surface area contributed by atoms with Crippen molar-refractivity contribution in [2.75, 3.05) is 19.6 Å². The molecular formula is C15H28N2. The summed E-state index contributed by atoms with van der Waals surface area (Å²) < 4.78 is 0. The van der Waals surface area contributed by atoms with E-state index < -0.39 is 0 Å². The fourth-order valence-corrected chi connectivity index (χ4v) is 3.28. The molecule has 1 aliphatic carbocycles. The summed E-state index contributed by atoms with van der Waals surface area (Å²) in [5, 5.41) is 3.59. The summed E-state index contributed by atoms with van der Waals surface area (Å²) in [6.07, 6.45) is 10.5. The predicted molar refractivity (Wildman–Crippen MR) is 74.3 cm³/mol. The van der Waals surface area contributed by atoms with Crippen LogP contribution in [0.3, 0.4) is 0 Å². The van der Waals surface area contributed by atoms with Crippen molar-refractivity contribution in [3.63, 3.8) is 0 Å². The molecule has 2 heteroatoms. The number of hydrogen-bond acceptors (Lipinski definition) is 2. The van der Waals surface area contributed by atoms with Crippen molar-refractivity contribution in [1.82, 2.24) is 10.2 Å². The highest BCUT2D eigenvalue weighted by molar-refractivity contribution is 5.07. The minimum Gasteiger partial charge on any atom is -0.314 e. The van der Waals surface area contributed by atoms with Crippen LogP contribution in [0, 0.1) is 0 Å². The van der Waals surface area contributed by atoms with E-state index in [0.29, 0.717) is 0 Å². The van der Waals surface area contributed by atoms with Crippen molar-refractivity contribution in [2.45, 2.75) is 64.5 Å². The van der Waals surface area contributed by atoms with Gasteiger partial charge >= 0.3 is 0 Å². The molecule has 2 atom stereocenters. The molecule has 17 heavy (non-hydrogen) atoms. The van der Waals surface area contributed by atoms with Crippen LogP contribution in [0.1, 0.15) is 52.4 Å². The first-order chi connectivity index (χ1) is 8.29. The summed E-state index contributed by atoms with van der Waals surface area (Å²) in [4.78, 5) is 2.69. The van der Waals surface area contributed by atoms with Crippen molar-refractivity contribution < 1.29 is 0 Å². The van der Waals surface area contributed by atoms with Gasteiger partial charge in [0.15, 0.2) is 0 Å². The second-order valence-electron chi connectivity index (χ2n) is 5.67. The van der Waals surface area contributed by atoms with Crippen molar-refractivity contribution in [3.8, 4) is 0 Å². The quantitative estimate of drug-likeness (QED) is 0.738. The van der Waals surface area contributed by atoms with Gasteiger partial charge in [-0.15, -0.1) is 0 Å². The highest BCUT2D eigenvalue weighted by Gasteiger charge is 2.24. The van der Waals surface area contributed by atoms with E-state index in [2.05, 4.69) is 30.1 Å². The first kappa shape index (κ1) is 13.1. The number of nitrogens with zero attached hydrogens (tertiary/aromatic N) is 1. The number of piperidine rings is 1. The Hall–Kier alpha value is -0.340. The predicted octanol–water partition coefficient (Wildman–Crippen LogP) is 2.95. The van der Waals surface area contributed by atoms with Crippen molar-refractivity contribution in [1.29, 1.82) is 0 Å². The number of hydrogen-bond donors (Lipinski definition) is 1. The van der Waals surface area contributed by atoms with Crippen molar-refractivity contribution >= 4 is 0 Å². The van der Waals surface area contributed by atoms with Crippen LogP contribution in [-0.2, 0) is 0 Å². The van der Waals surface area contributed by atoms with Crippen molar-refractivity contribution in [2.24, 2.45) is 0 Å². The molecule has 0 aromatic heterocycles. The third-order valence-electron chi connectivity index (χ3n) is 4.36. The van der Waals surface area contributed by atoms with Gasteiger partial charge in [0.1, 0.15) is 0 Å². The molecule has 0 radical (unpaired) electrons. The minimum absolute atomic E-state index is 0.759. The van der Waals surface area contributed by atoms with Crippen LogP contribution in [0.4, 0.5) is 0 Å². The minimum atomic E-state index is 0.759. The van der Waals surface area contributed by atoms with E-state index >= 15 is 0 Å². The van der Waals surface area contributed by atoms with E-state index in [0.717, 1.165) is 18.6 Å². The lowest BCUT2D eigenvalue weighted by Crippen LogP contribution is -2.47. The van der Waals surface area contributed by atoms with E-state index in [9.17, 15) is 0 Å². The molecule has 1 N–H and O–H groups in total. The smallest absolute Gasteiger partial charge is 0.00939 e. The second kappa shape index (κ2) is 6.55. The summed E-state index contributed by atoms with van der Waals surface area (Å²) in [6, 6.07) is 1.52. The molecule has 0 amide bonds. The van der Waals surface area contributed by atoms with Crippen LogP contribution >= 0.6 is 0 Å². The summed E-state index contributed by atoms with van der Waals surface area (Å²) in [5.41, 5.74) is 1.71. The maximum Gasteiger partial charge on any atom is 0.00939 e. The monoisotopic (exact) mass is 236 g/mol. The lowest BCUT2D eigenvalue weighted by Gasteiger charge is -2.38. The Bertz CT molecular complexity index is 260. The lowest BCUT2D eigenvalue weighted by atomic mass is 9.97. The van der Waals surface area contributed by atoms with Gasteiger partial charge in [0, 0.05) is 18.6 Å². The molecule has 1 saturated heterocycles. The zero-order chi connectivity index (χ0) is 12.1. The Morgan fingerprint density at radius 2 is 2.35 bits per heavy atom. The first-order valence-corrected chi connectivity index (χ1v) is 7.45. The third-order valence-corrected chi connectivity index (χ3v) is 4.36. The van der Waals surface area contributed by atoms with E-state index in [1.807, 2.05) is 0 Å². The Balaban J connectivity index is 1.71. The molecule has 2 unspecified atom stereocenters. The summed E-state index contributed by atoms with van der Waals surface area (Å²) in [6.45, 7) is 8.29. The first-order valence-electron chi connectivity index (χ1n) is 7.45. The number of nitrogens with one attached hydrogen (secondary N) is 1. The fourth-order valence-electron chi connectivity index (χ4n) is 3.28. The van der Waals surface area contributed by atoms with Gasteiger partial charge in [-0.25, -0.2) is 0 Å². The molecule has 2 rings (SSSR count). The van der Waals surface area contributed by atoms with Crippen LogP contribution in [0.15, 0.2) is 11.6 Å². The van der Waals surface area contributed by atoms with Gasteiger partial charge in [-0.3, -0.25) is 0 Å². The molecule has 2 aliphatic rings. The molecule has 0 bridgehead atoms. The standard InChI is InChI=1S/C15H28N2/c1-3-16-15-9-11-17(13(2)12-15)10-8-14-6-4-5-7-14/h6,13,15-16H,3-5,7-12H2,1-2H3. The zero-order valence-corrected chi connectivity index (χ0v) is 11.5. The van der Waals surface area contributed by atoms with Crippen LogP contribution in [0.25, 0.3) is 0 Å². The van der Waals surface area contributed by atoms with E-state index in [1.54, 1.807) is 5.57 Å². The largest absolute Gasteiger partial charge is 0.314 e. The Kier molecular flexibility index (Phi) is 5.05. The normalized spacial score (nSPS) is 30.6. The molecule has 2 nitrogen and oxygen atoms in total. The molecule has 98 valence electrons. The van der Waals surface area contributed by atoms with Gasteiger partial charge in [-0.1, -0.05) is 18.6 Å². The Labute approximate surface area is 106 Å². The molecule has 0 saturated carbocycles. The van der Waals surface area contributed by atoms with E-state index in [1.165, 1.54) is 51.6 Å². The molecule has 0 aromatic rings. The van der Waals surface area contributed by atoms with E-state index in [4.69, 9.17) is 0 Å². The summed E-state index contributed by atoms with van der Waals surface area (Å²) in [7, 11) is 0. The molecule has 0 aromatic carbocycles. The highest BCUT2D eigenvalue weighted by Crippen LogP contribution is 2.23. The lowest BCUT2D eigenvalue weighted by molar-refractivity contribution is 0.138. The summed E-state index contributed by atoms with van der Waals surface area (Å²) in [5.74, 6) is 0. The SMILES string of the molecule is CCNC1CCN(CCC2=CCCC2)C(C)C1. The second-order valence-corrected chi connectivity index (χ2v) is 5.67. The third kappa shape index (κ3) is 3.82. The van der Waals surface area contributed by atoms with Crippen molar-refractivity contribution in [3.05, 3.63) is 11.6 Å². The maximum absolute atomic E-state index is 3.59. The maximum atomic E-state index is 3.59. The molecule has 1 fully saturated rings. The summed E-state index contributed by atoms with van der Waals surface area (Å²) >= 11 is 0. The fraction of sp³-hybridized carbons (Fsp3) is 0.867. The molecule has 0 spiro atoms. The topological polar surface area (TPSA) is 15.3 Å². The van der Waals surface area contributed by atoms with Crippen LogP contribution in [0.2, 0.25) is 0 Å². The number of allylic oxidation sites excluding steroid dienone is 1. The highest BCUT2D eigenvalue weighted by atomic mass is 15.2. The van der Waals surface area contributed by atoms with Gasteiger partial charge in [-0.05, 0) is 58.5 Å². The van der Waals surface area contributed by atoms with Crippen LogP contribution in [0.5, 0.6) is 0 Å². The van der Waals surface area contributed by atoms with Crippen LogP contribution in [-0.4, -0.2) is 36.6 Å². The van der Waals surface area contributed by atoms with Gasteiger partial charge < -0.3 is 10.2 Å². The van der Waals surface area contributed by atoms with Gasteiger partial charge in [0.25, 0.3) is 0 Å².